The number of aromatic nitrogens is 2. The van der Waals surface area contributed by atoms with Crippen LogP contribution in [0.3, 0.4) is 0 Å². The number of hydrogen-bond donors (Lipinski definition) is 1. The molecule has 2 aromatic heterocycles. The zero-order valence-electron chi connectivity index (χ0n) is 9.01. The highest BCUT2D eigenvalue weighted by atomic mass is 32.2. The van der Waals surface area contributed by atoms with Gasteiger partial charge in [0.2, 0.25) is 0 Å². The van der Waals surface area contributed by atoms with E-state index in [9.17, 15) is 0 Å². The molecule has 0 aliphatic rings. The molecule has 0 aliphatic carbocycles. The van der Waals surface area contributed by atoms with Gasteiger partial charge in [-0.15, -0.1) is 23.1 Å². The molecular weight excluding hydrogens is 238 g/mol. The highest BCUT2D eigenvalue weighted by Gasteiger charge is 1.97. The van der Waals surface area contributed by atoms with Gasteiger partial charge >= 0.3 is 0 Å². The van der Waals surface area contributed by atoms with Crippen molar-refractivity contribution in [2.75, 3.05) is 11.1 Å². The maximum absolute atomic E-state index is 4.35. The van der Waals surface area contributed by atoms with Crippen molar-refractivity contribution in [3.63, 3.8) is 0 Å². The molecule has 2 aromatic rings. The van der Waals surface area contributed by atoms with E-state index in [2.05, 4.69) is 28.3 Å². The van der Waals surface area contributed by atoms with Gasteiger partial charge in [-0.2, -0.15) is 0 Å². The van der Waals surface area contributed by atoms with Crippen molar-refractivity contribution in [1.29, 1.82) is 0 Å². The normalized spacial score (nSPS) is 10.3. The lowest BCUT2D eigenvalue weighted by Crippen LogP contribution is -1.99. The van der Waals surface area contributed by atoms with E-state index in [1.165, 1.54) is 0 Å². The topological polar surface area (TPSA) is 37.8 Å². The largest absolute Gasteiger partial charge is 0.378 e. The average molecular weight is 251 g/mol. The van der Waals surface area contributed by atoms with Gasteiger partial charge in [0, 0.05) is 5.38 Å². The molecule has 5 heteroatoms. The van der Waals surface area contributed by atoms with Gasteiger partial charge in [0.05, 0.1) is 34.7 Å². The van der Waals surface area contributed by atoms with Crippen LogP contribution >= 0.6 is 23.1 Å². The van der Waals surface area contributed by atoms with Gasteiger partial charge in [-0.25, -0.2) is 9.97 Å². The van der Waals surface area contributed by atoms with Gasteiger partial charge < -0.3 is 5.32 Å². The summed E-state index contributed by atoms with van der Waals surface area (Å²) < 4.78 is 0. The molecule has 0 saturated carbocycles. The Bertz CT molecular complexity index is 411. The van der Waals surface area contributed by atoms with Gasteiger partial charge in [-0.3, -0.25) is 0 Å². The number of hydrogen-bond acceptors (Lipinski definition) is 5. The third-order valence-electron chi connectivity index (χ3n) is 1.99. The van der Waals surface area contributed by atoms with Crippen LogP contribution in [0.4, 0.5) is 5.69 Å². The summed E-state index contributed by atoms with van der Waals surface area (Å²) in [5.41, 5.74) is 3.95. The number of nitrogens with zero attached hydrogens (tertiary/aromatic N) is 2. The summed E-state index contributed by atoms with van der Waals surface area (Å²) in [6.07, 6.45) is 1.87. The summed E-state index contributed by atoms with van der Waals surface area (Å²) in [6, 6.07) is 4.09. The number of pyridine rings is 1. The number of thioether (sulfide) groups is 1. The molecule has 0 bridgehead atoms. The molecule has 16 heavy (non-hydrogen) atoms. The van der Waals surface area contributed by atoms with E-state index in [4.69, 9.17) is 0 Å². The van der Waals surface area contributed by atoms with Crippen LogP contribution in [0.5, 0.6) is 0 Å². The van der Waals surface area contributed by atoms with Crippen molar-refractivity contribution in [2.45, 2.75) is 18.5 Å². The van der Waals surface area contributed by atoms with Crippen LogP contribution in [-0.2, 0) is 6.54 Å². The predicted molar refractivity (Wildman–Crippen MR) is 70.1 cm³/mol. The van der Waals surface area contributed by atoms with Crippen molar-refractivity contribution in [3.05, 3.63) is 34.9 Å². The van der Waals surface area contributed by atoms with E-state index in [0.717, 1.165) is 28.7 Å². The van der Waals surface area contributed by atoms with Gasteiger partial charge in [0.15, 0.2) is 0 Å². The second-order valence-electron chi connectivity index (χ2n) is 3.15. The quantitative estimate of drug-likeness (QED) is 0.828. The Morgan fingerprint density at radius 2 is 2.31 bits per heavy atom. The lowest BCUT2D eigenvalue weighted by molar-refractivity contribution is 1.05. The number of anilines is 1. The smallest absolute Gasteiger partial charge is 0.0961 e. The Hall–Kier alpha value is -1.07. The van der Waals surface area contributed by atoms with Crippen molar-refractivity contribution < 1.29 is 0 Å². The van der Waals surface area contributed by atoms with Crippen molar-refractivity contribution in [1.82, 2.24) is 9.97 Å². The fraction of sp³-hybridized carbons (Fsp3) is 0.273. The minimum absolute atomic E-state index is 0.755. The molecule has 2 rings (SSSR count). The molecule has 0 amide bonds. The lowest BCUT2D eigenvalue weighted by Gasteiger charge is -2.04. The predicted octanol–water partition coefficient (Wildman–Crippen LogP) is 3.26. The Morgan fingerprint density at radius 3 is 2.94 bits per heavy atom. The van der Waals surface area contributed by atoms with Crippen molar-refractivity contribution >= 4 is 28.8 Å². The highest BCUT2D eigenvalue weighted by molar-refractivity contribution is 7.99. The summed E-state index contributed by atoms with van der Waals surface area (Å²) in [6.45, 7) is 2.88. The summed E-state index contributed by atoms with van der Waals surface area (Å²) in [5.74, 6) is 1.05. The highest BCUT2D eigenvalue weighted by Crippen LogP contribution is 2.16. The second-order valence-corrected chi connectivity index (χ2v) is 5.15. The van der Waals surface area contributed by atoms with E-state index in [1.807, 2.05) is 23.2 Å². The van der Waals surface area contributed by atoms with Crippen LogP contribution in [-0.4, -0.2) is 15.7 Å². The monoisotopic (exact) mass is 251 g/mol. The van der Waals surface area contributed by atoms with Crippen LogP contribution in [0.25, 0.3) is 0 Å². The fourth-order valence-corrected chi connectivity index (χ4v) is 2.38. The zero-order chi connectivity index (χ0) is 11.2. The maximum atomic E-state index is 4.35. The molecule has 2 heterocycles. The van der Waals surface area contributed by atoms with Gasteiger partial charge in [-0.05, 0) is 17.9 Å². The third-order valence-corrected chi connectivity index (χ3v) is 3.45. The molecule has 0 unspecified atom stereocenters. The van der Waals surface area contributed by atoms with E-state index in [1.54, 1.807) is 23.1 Å². The van der Waals surface area contributed by atoms with Crippen molar-refractivity contribution in [3.8, 4) is 0 Å². The standard InChI is InChI=1S/C11H13N3S2/c1-2-16-11-4-3-9(5-13-11)12-6-10-7-15-8-14-10/h3-5,7-8,12H,2,6H2,1H3. The molecule has 0 radical (unpaired) electrons. The molecule has 0 fully saturated rings. The van der Waals surface area contributed by atoms with E-state index in [0.29, 0.717) is 0 Å². The Morgan fingerprint density at radius 1 is 1.38 bits per heavy atom. The van der Waals surface area contributed by atoms with E-state index < -0.39 is 0 Å². The third kappa shape index (κ3) is 3.21. The first-order valence-electron chi connectivity index (χ1n) is 5.08. The Labute approximate surface area is 103 Å². The zero-order valence-corrected chi connectivity index (χ0v) is 10.6. The molecule has 1 N–H and O–H groups in total. The summed E-state index contributed by atoms with van der Waals surface area (Å²) in [4.78, 5) is 8.56. The van der Waals surface area contributed by atoms with Gasteiger partial charge in [-0.1, -0.05) is 6.92 Å². The minimum Gasteiger partial charge on any atom is -0.378 e. The minimum atomic E-state index is 0.755. The van der Waals surface area contributed by atoms with Crippen LogP contribution in [0, 0.1) is 0 Å². The molecule has 0 atom stereocenters. The van der Waals surface area contributed by atoms with Crippen LogP contribution < -0.4 is 5.32 Å². The first-order chi connectivity index (χ1) is 7.88. The number of nitrogens with one attached hydrogen (secondary N) is 1. The summed E-state index contributed by atoms with van der Waals surface area (Å²) in [7, 11) is 0. The molecule has 84 valence electrons. The first kappa shape index (κ1) is 11.4. The van der Waals surface area contributed by atoms with Gasteiger partial charge in [0.25, 0.3) is 0 Å². The average Bonchev–Trinajstić information content (AvgIpc) is 2.82. The van der Waals surface area contributed by atoms with Crippen LogP contribution in [0.15, 0.2) is 34.2 Å². The first-order valence-corrected chi connectivity index (χ1v) is 7.01. The van der Waals surface area contributed by atoms with Gasteiger partial charge in [0.1, 0.15) is 0 Å². The van der Waals surface area contributed by atoms with E-state index in [-0.39, 0.29) is 0 Å². The van der Waals surface area contributed by atoms with Crippen LogP contribution in [0.2, 0.25) is 0 Å². The van der Waals surface area contributed by atoms with Crippen molar-refractivity contribution in [2.24, 2.45) is 0 Å². The SMILES string of the molecule is CCSc1ccc(NCc2cscn2)cn1. The summed E-state index contributed by atoms with van der Waals surface area (Å²) >= 11 is 3.36. The molecule has 0 aliphatic heterocycles. The Balaban J connectivity index is 1.90. The molecule has 0 aromatic carbocycles. The maximum Gasteiger partial charge on any atom is 0.0961 e. The molecule has 0 saturated heterocycles. The molecular formula is C11H13N3S2. The molecule has 3 nitrogen and oxygen atoms in total. The fourth-order valence-electron chi connectivity index (χ4n) is 1.24. The van der Waals surface area contributed by atoms with Crippen LogP contribution in [0.1, 0.15) is 12.6 Å². The number of thiazole rings is 1. The lowest BCUT2D eigenvalue weighted by atomic mass is 10.4. The molecule has 0 spiro atoms. The second kappa shape index (κ2) is 5.86. The summed E-state index contributed by atoms with van der Waals surface area (Å²) in [5, 5.41) is 6.40. The Kier molecular flexibility index (Phi) is 4.18. The number of rotatable bonds is 5. The van der Waals surface area contributed by atoms with E-state index >= 15 is 0 Å².